The minimum absolute atomic E-state index is 0.115. The van der Waals surface area contributed by atoms with Crippen molar-refractivity contribution in [2.45, 2.75) is 6.92 Å². The van der Waals surface area contributed by atoms with E-state index in [1.54, 1.807) is 48.5 Å². The van der Waals surface area contributed by atoms with Crippen LogP contribution in [0.25, 0.3) is 0 Å². The number of anilines is 1. The molecule has 0 fully saturated rings. The second kappa shape index (κ2) is 6.97. The number of hydrogen-bond acceptors (Lipinski definition) is 3. The molecule has 0 bridgehead atoms. The third-order valence-electron chi connectivity index (χ3n) is 3.75. The average Bonchev–Trinajstić information content (AvgIpc) is 3.13. The van der Waals surface area contributed by atoms with Crippen molar-refractivity contribution in [3.05, 3.63) is 89.2 Å². The largest absolute Gasteiger partial charge is 0.356 e. The molecular weight excluding hydrogens is 316 g/mol. The van der Waals surface area contributed by atoms with Gasteiger partial charge in [-0.05, 0) is 25.1 Å². The summed E-state index contributed by atoms with van der Waals surface area (Å²) < 4.78 is 0. The zero-order valence-corrected chi connectivity index (χ0v) is 13.6. The summed E-state index contributed by atoms with van der Waals surface area (Å²) in [6.45, 7) is 1.43. The van der Waals surface area contributed by atoms with Crippen LogP contribution in [0.4, 0.5) is 5.69 Å². The summed E-state index contributed by atoms with van der Waals surface area (Å²) in [5, 5.41) is 2.72. The lowest BCUT2D eigenvalue weighted by atomic mass is 10.0. The molecule has 3 aromatic rings. The number of aromatic amines is 1. The number of rotatable bonds is 5. The highest BCUT2D eigenvalue weighted by Crippen LogP contribution is 2.16. The predicted molar refractivity (Wildman–Crippen MR) is 95.1 cm³/mol. The number of hydrogen-bond donors (Lipinski definition) is 2. The van der Waals surface area contributed by atoms with Gasteiger partial charge in [0.05, 0.1) is 0 Å². The lowest BCUT2D eigenvalue weighted by Crippen LogP contribution is -2.13. The standard InChI is InChI=1S/C20H16N2O3/c1-13(23)16-11-18(21-12-16)20(25)22-17-9-5-8-15(10-17)19(24)14-6-3-2-4-7-14/h2-12,21H,1H3,(H,22,25). The molecule has 2 aromatic carbocycles. The van der Waals surface area contributed by atoms with Gasteiger partial charge in [0.25, 0.3) is 5.91 Å². The third kappa shape index (κ3) is 3.72. The zero-order chi connectivity index (χ0) is 17.8. The van der Waals surface area contributed by atoms with Crippen LogP contribution in [-0.2, 0) is 0 Å². The Kier molecular flexibility index (Phi) is 4.57. The molecule has 0 saturated carbocycles. The van der Waals surface area contributed by atoms with Gasteiger partial charge in [-0.3, -0.25) is 14.4 Å². The molecule has 25 heavy (non-hydrogen) atoms. The Morgan fingerprint density at radius 1 is 0.840 bits per heavy atom. The summed E-state index contributed by atoms with van der Waals surface area (Å²) in [6.07, 6.45) is 1.49. The number of carbonyl (C=O) groups excluding carboxylic acids is 3. The Bertz CT molecular complexity index is 942. The van der Waals surface area contributed by atoms with E-state index in [9.17, 15) is 14.4 Å². The molecular formula is C20H16N2O3. The first-order chi connectivity index (χ1) is 12.0. The van der Waals surface area contributed by atoms with Crippen molar-refractivity contribution < 1.29 is 14.4 Å². The van der Waals surface area contributed by atoms with Crippen LogP contribution in [-0.4, -0.2) is 22.5 Å². The van der Waals surface area contributed by atoms with Crippen molar-refractivity contribution >= 4 is 23.2 Å². The van der Waals surface area contributed by atoms with Crippen molar-refractivity contribution in [2.24, 2.45) is 0 Å². The van der Waals surface area contributed by atoms with Crippen LogP contribution in [0.3, 0.4) is 0 Å². The lowest BCUT2D eigenvalue weighted by molar-refractivity contribution is 0.101. The number of nitrogens with one attached hydrogen (secondary N) is 2. The van der Waals surface area contributed by atoms with Gasteiger partial charge >= 0.3 is 0 Å². The maximum atomic E-state index is 12.5. The van der Waals surface area contributed by atoms with Crippen molar-refractivity contribution in [1.29, 1.82) is 0 Å². The van der Waals surface area contributed by atoms with E-state index in [-0.39, 0.29) is 23.2 Å². The fourth-order valence-corrected chi connectivity index (χ4v) is 2.42. The van der Waals surface area contributed by atoms with Crippen LogP contribution in [0.5, 0.6) is 0 Å². The van der Waals surface area contributed by atoms with Crippen LogP contribution in [0.2, 0.25) is 0 Å². The Hall–Kier alpha value is -3.47. The van der Waals surface area contributed by atoms with E-state index in [1.807, 2.05) is 6.07 Å². The molecule has 124 valence electrons. The van der Waals surface area contributed by atoms with Crippen LogP contribution >= 0.6 is 0 Å². The molecule has 1 heterocycles. The zero-order valence-electron chi connectivity index (χ0n) is 13.6. The Labute approximate surface area is 144 Å². The molecule has 0 saturated heterocycles. The normalized spacial score (nSPS) is 10.3. The first-order valence-corrected chi connectivity index (χ1v) is 7.75. The molecule has 0 aliphatic heterocycles. The van der Waals surface area contributed by atoms with Gasteiger partial charge in [-0.2, -0.15) is 0 Å². The molecule has 0 radical (unpaired) electrons. The number of amides is 1. The van der Waals surface area contributed by atoms with Gasteiger partial charge in [-0.15, -0.1) is 0 Å². The number of ketones is 2. The number of carbonyl (C=O) groups is 3. The molecule has 0 aliphatic rings. The van der Waals surface area contributed by atoms with E-state index in [0.717, 1.165) is 0 Å². The molecule has 2 N–H and O–H groups in total. The third-order valence-corrected chi connectivity index (χ3v) is 3.75. The molecule has 5 heteroatoms. The Balaban J connectivity index is 1.78. The minimum Gasteiger partial charge on any atom is -0.356 e. The first kappa shape index (κ1) is 16.4. The second-order valence-corrected chi connectivity index (χ2v) is 5.59. The van der Waals surface area contributed by atoms with Crippen molar-refractivity contribution in [2.75, 3.05) is 5.32 Å². The predicted octanol–water partition coefficient (Wildman–Crippen LogP) is 3.70. The summed E-state index contributed by atoms with van der Waals surface area (Å²) in [5.41, 5.74) is 2.30. The van der Waals surface area contributed by atoms with Gasteiger partial charge in [0, 0.05) is 28.6 Å². The van der Waals surface area contributed by atoms with E-state index in [2.05, 4.69) is 10.3 Å². The van der Waals surface area contributed by atoms with Gasteiger partial charge in [0.1, 0.15) is 5.69 Å². The SMILES string of the molecule is CC(=O)c1c[nH]c(C(=O)Nc2cccc(C(=O)c3ccccc3)c2)c1. The molecule has 0 unspecified atom stereocenters. The topological polar surface area (TPSA) is 79.0 Å². The van der Waals surface area contributed by atoms with Gasteiger partial charge < -0.3 is 10.3 Å². The number of H-pyrrole nitrogens is 1. The highest BCUT2D eigenvalue weighted by molar-refractivity contribution is 6.10. The minimum atomic E-state index is -0.378. The highest BCUT2D eigenvalue weighted by Gasteiger charge is 2.13. The van der Waals surface area contributed by atoms with Crippen molar-refractivity contribution in [1.82, 2.24) is 4.98 Å². The monoisotopic (exact) mass is 332 g/mol. The van der Waals surface area contributed by atoms with E-state index in [1.165, 1.54) is 19.2 Å². The van der Waals surface area contributed by atoms with Crippen molar-refractivity contribution in [3.63, 3.8) is 0 Å². The van der Waals surface area contributed by atoms with Crippen LogP contribution in [0.15, 0.2) is 66.9 Å². The van der Waals surface area contributed by atoms with Gasteiger partial charge in [0.2, 0.25) is 0 Å². The molecule has 3 rings (SSSR count). The molecule has 0 spiro atoms. The van der Waals surface area contributed by atoms with Gasteiger partial charge in [-0.1, -0.05) is 42.5 Å². The summed E-state index contributed by atoms with van der Waals surface area (Å²) in [7, 11) is 0. The van der Waals surface area contributed by atoms with Crippen LogP contribution < -0.4 is 5.32 Å². The van der Waals surface area contributed by atoms with E-state index >= 15 is 0 Å². The maximum Gasteiger partial charge on any atom is 0.272 e. The van der Waals surface area contributed by atoms with Gasteiger partial charge in [0.15, 0.2) is 11.6 Å². The van der Waals surface area contributed by atoms with Gasteiger partial charge in [-0.25, -0.2) is 0 Å². The summed E-state index contributed by atoms with van der Waals surface area (Å²) in [4.78, 5) is 38.8. The first-order valence-electron chi connectivity index (χ1n) is 7.75. The van der Waals surface area contributed by atoms with E-state index < -0.39 is 0 Å². The summed E-state index contributed by atoms with van der Waals surface area (Å²) >= 11 is 0. The molecule has 1 amide bonds. The summed E-state index contributed by atoms with van der Waals surface area (Å²) in [5.74, 6) is -0.613. The van der Waals surface area contributed by atoms with E-state index in [0.29, 0.717) is 22.4 Å². The molecule has 1 aromatic heterocycles. The number of Topliss-reactive ketones (excluding diaryl/α,β-unsaturated/α-hetero) is 1. The van der Waals surface area contributed by atoms with E-state index in [4.69, 9.17) is 0 Å². The second-order valence-electron chi connectivity index (χ2n) is 5.59. The van der Waals surface area contributed by atoms with Crippen LogP contribution in [0, 0.1) is 0 Å². The highest BCUT2D eigenvalue weighted by atomic mass is 16.2. The molecule has 0 aliphatic carbocycles. The van der Waals surface area contributed by atoms with Crippen LogP contribution in [0.1, 0.15) is 43.7 Å². The molecule has 0 atom stereocenters. The fourth-order valence-electron chi connectivity index (χ4n) is 2.42. The molecule has 5 nitrogen and oxygen atoms in total. The Morgan fingerprint density at radius 2 is 1.56 bits per heavy atom. The number of benzene rings is 2. The fraction of sp³-hybridized carbons (Fsp3) is 0.0500. The number of aromatic nitrogens is 1. The average molecular weight is 332 g/mol. The summed E-state index contributed by atoms with van der Waals surface area (Å²) in [6, 6.07) is 17.2. The Morgan fingerprint density at radius 3 is 2.24 bits per heavy atom. The smallest absolute Gasteiger partial charge is 0.272 e. The lowest BCUT2D eigenvalue weighted by Gasteiger charge is -2.06. The quantitative estimate of drug-likeness (QED) is 0.699. The maximum absolute atomic E-state index is 12.5. The van der Waals surface area contributed by atoms with Crippen molar-refractivity contribution in [3.8, 4) is 0 Å².